The smallest absolute Gasteiger partial charge is 0.549 e. The Bertz CT molecular complexity index is 1230. The van der Waals surface area contributed by atoms with Gasteiger partial charge in [0.25, 0.3) is 5.91 Å². The molecule has 2 aliphatic rings. The van der Waals surface area contributed by atoms with E-state index in [-0.39, 0.29) is 75.7 Å². The molecule has 0 aromatic carbocycles. The van der Waals surface area contributed by atoms with Crippen LogP contribution in [0.1, 0.15) is 5.69 Å². The molecule has 2 fully saturated rings. The number of aromatic nitrogens is 5. The predicted molar refractivity (Wildman–Crippen MR) is 125 cm³/mol. The molecule has 0 radical (unpaired) electrons. The van der Waals surface area contributed by atoms with Gasteiger partial charge in [-0.1, -0.05) is 23.4 Å². The van der Waals surface area contributed by atoms with E-state index in [0.29, 0.717) is 0 Å². The maximum absolute atomic E-state index is 12.8. The van der Waals surface area contributed by atoms with Crippen LogP contribution in [0.25, 0.3) is 5.57 Å². The second-order valence-corrected chi connectivity index (χ2v) is 10.8. The summed E-state index contributed by atoms with van der Waals surface area (Å²) in [7, 11) is 0. The fraction of sp³-hybridized carbons (Fsp3) is 0.412. The zero-order valence-electron chi connectivity index (χ0n) is 18.6. The van der Waals surface area contributed by atoms with Gasteiger partial charge < -0.3 is 31.6 Å². The van der Waals surface area contributed by atoms with Crippen LogP contribution in [-0.4, -0.2) is 83.2 Å². The van der Waals surface area contributed by atoms with E-state index in [2.05, 4.69) is 25.8 Å². The number of aliphatic carboxylic acids is 1. The van der Waals surface area contributed by atoms with Crippen molar-refractivity contribution in [3.05, 3.63) is 16.6 Å². The van der Waals surface area contributed by atoms with E-state index in [4.69, 9.17) is 23.1 Å². The molecular formula is C17H17ClN9NaO5S3. The van der Waals surface area contributed by atoms with Crippen molar-refractivity contribution in [2.75, 3.05) is 23.8 Å². The maximum Gasteiger partial charge on any atom is 1.00 e. The fourth-order valence-corrected chi connectivity index (χ4v) is 7.00. The average Bonchev–Trinajstić information content (AvgIpc) is 3.44. The van der Waals surface area contributed by atoms with Crippen LogP contribution >= 0.6 is 46.5 Å². The van der Waals surface area contributed by atoms with Crippen molar-refractivity contribution in [3.8, 4) is 0 Å². The molecule has 3 atom stereocenters. The first-order valence-electron chi connectivity index (χ1n) is 9.78. The molecule has 186 valence electrons. The van der Waals surface area contributed by atoms with Gasteiger partial charge in [-0.15, -0.1) is 28.2 Å². The first kappa shape index (κ1) is 28.7. The third-order valence-corrected chi connectivity index (χ3v) is 9.03. The molecule has 4 rings (SSSR count). The van der Waals surface area contributed by atoms with Crippen molar-refractivity contribution >= 4 is 80.9 Å². The summed E-state index contributed by atoms with van der Waals surface area (Å²) in [6.07, 6.45) is 0. The number of fused-ring (bicyclic) bond motifs is 1. The van der Waals surface area contributed by atoms with E-state index < -0.39 is 40.5 Å². The molecular weight excluding hydrogens is 565 g/mol. The summed E-state index contributed by atoms with van der Waals surface area (Å²) in [6.45, 7) is -0.383. The number of β-lactam (4-membered cyclic amide) rings is 1. The zero-order valence-corrected chi connectivity index (χ0v) is 23.8. The number of thiazole rings is 1. The summed E-state index contributed by atoms with van der Waals surface area (Å²) in [5.74, 6) is -2.93. The monoisotopic (exact) mass is 581 g/mol. The number of rotatable bonds is 9. The summed E-state index contributed by atoms with van der Waals surface area (Å²) in [5.41, 5.74) is 10.8. The van der Waals surface area contributed by atoms with E-state index in [0.717, 1.165) is 33.3 Å². The Balaban J connectivity index is 0.00000361. The fourth-order valence-electron chi connectivity index (χ4n) is 3.50. The minimum absolute atomic E-state index is 0. The van der Waals surface area contributed by atoms with E-state index in [1.165, 1.54) is 16.7 Å². The van der Waals surface area contributed by atoms with Gasteiger partial charge in [-0.05, 0) is 10.4 Å². The third kappa shape index (κ3) is 5.66. The molecule has 0 bridgehead atoms. The Kier molecular flexibility index (Phi) is 9.29. The van der Waals surface area contributed by atoms with Crippen molar-refractivity contribution in [3.63, 3.8) is 0 Å². The van der Waals surface area contributed by atoms with Crippen molar-refractivity contribution < 1.29 is 53.8 Å². The number of amides is 3. The summed E-state index contributed by atoms with van der Waals surface area (Å²) >= 11 is 9.16. The summed E-state index contributed by atoms with van der Waals surface area (Å²) < 4.78 is 1.16. The van der Waals surface area contributed by atoms with E-state index in [9.17, 15) is 24.3 Å². The van der Waals surface area contributed by atoms with Gasteiger partial charge in [0.05, 0.1) is 17.2 Å². The van der Waals surface area contributed by atoms with Crippen LogP contribution in [0.5, 0.6) is 0 Å². The number of nitrogens with zero attached hydrogens (tertiary/aromatic N) is 6. The first-order chi connectivity index (χ1) is 16.6. The molecule has 2 unspecified atom stereocenters. The molecule has 2 aromatic rings. The number of nitrogen functional groups attached to an aromatic ring is 1. The van der Waals surface area contributed by atoms with Crippen LogP contribution in [0, 0.1) is 5.41 Å². The van der Waals surface area contributed by atoms with Crippen LogP contribution in [0.4, 0.5) is 5.13 Å². The summed E-state index contributed by atoms with van der Waals surface area (Å²) in [6, 6.07) is -0.856. The molecule has 0 spiro atoms. The number of carboxylic acid groups (broad SMARTS) is 1. The summed E-state index contributed by atoms with van der Waals surface area (Å²) in [5, 5.41) is 27.2. The van der Waals surface area contributed by atoms with Gasteiger partial charge in [0.2, 0.25) is 17.0 Å². The maximum atomic E-state index is 12.8. The number of hydrogen-bond donors (Lipinski definition) is 3. The SMILES string of the molecule is NC(=O)Cn1nnnc1SCC1(C(=O)[O-])CS[C@@H]2C(NC(=O)C(=CCl)c3csc(N)n3)C(=O)N2C1.[Na+]. The van der Waals surface area contributed by atoms with Crippen LogP contribution in [0.15, 0.2) is 16.1 Å². The van der Waals surface area contributed by atoms with E-state index in [1.54, 1.807) is 5.38 Å². The number of nitrogens with two attached hydrogens (primary N) is 2. The minimum Gasteiger partial charge on any atom is -0.549 e. The van der Waals surface area contributed by atoms with Crippen LogP contribution in [0.2, 0.25) is 0 Å². The van der Waals surface area contributed by atoms with Gasteiger partial charge in [0, 0.05) is 34.4 Å². The van der Waals surface area contributed by atoms with Gasteiger partial charge in [-0.3, -0.25) is 14.4 Å². The number of thioether (sulfide) groups is 2. The largest absolute Gasteiger partial charge is 1.00 e. The van der Waals surface area contributed by atoms with Gasteiger partial charge in [-0.2, -0.15) is 0 Å². The standard InChI is InChI=1S/C17H18ClN9O5S3.Na/c18-1-7(8-3-33-15(20)21-8)11(29)22-10-12(30)26-4-17(14(31)32,5-34-13(10)26)6-35-16-23-24-25-27(16)2-9(19)28;/h1,3,10,13H,2,4-6H2,(H2,19,28)(H2,20,21)(H,22,29)(H,31,32);/q;+1/p-1/t10?,13-,17?;/m1./s1. The molecule has 5 N–H and O–H groups in total. The molecule has 3 amide bonds. The molecule has 2 aromatic heterocycles. The molecule has 36 heavy (non-hydrogen) atoms. The first-order valence-corrected chi connectivity index (χ1v) is 13.1. The topological polar surface area (TPSA) is 215 Å². The van der Waals surface area contributed by atoms with Gasteiger partial charge in [0.1, 0.15) is 18.0 Å². The number of halogens is 1. The Morgan fingerprint density at radius 2 is 2.17 bits per heavy atom. The minimum atomic E-state index is -1.40. The van der Waals surface area contributed by atoms with Gasteiger partial charge in [-0.25, -0.2) is 9.67 Å². The Morgan fingerprint density at radius 3 is 2.78 bits per heavy atom. The zero-order chi connectivity index (χ0) is 25.3. The molecule has 14 nitrogen and oxygen atoms in total. The van der Waals surface area contributed by atoms with Crippen LogP contribution in [-0.2, 0) is 25.7 Å². The Morgan fingerprint density at radius 1 is 1.42 bits per heavy atom. The number of primary amides is 1. The number of anilines is 1. The second kappa shape index (κ2) is 11.7. The van der Waals surface area contributed by atoms with E-state index in [1.807, 2.05) is 0 Å². The Hall–Kier alpha value is -1.89. The summed E-state index contributed by atoms with van der Waals surface area (Å²) in [4.78, 5) is 54.2. The number of carbonyl (C=O) groups is 4. The third-order valence-electron chi connectivity index (χ3n) is 5.30. The van der Waals surface area contributed by atoms with E-state index >= 15 is 0 Å². The van der Waals surface area contributed by atoms with Gasteiger partial charge in [0.15, 0.2) is 5.13 Å². The van der Waals surface area contributed by atoms with Crippen LogP contribution < -0.4 is 51.4 Å². The number of carbonyl (C=O) groups excluding carboxylic acids is 4. The van der Waals surface area contributed by atoms with Crippen molar-refractivity contribution in [1.82, 2.24) is 35.4 Å². The number of nitrogens with one attached hydrogen (secondary N) is 1. The normalized spacial score (nSPS) is 23.3. The number of tetrazole rings is 1. The van der Waals surface area contributed by atoms with Crippen LogP contribution in [0.3, 0.4) is 0 Å². The molecule has 0 saturated carbocycles. The van der Waals surface area contributed by atoms with Crippen molar-refractivity contribution in [2.24, 2.45) is 11.1 Å². The molecule has 0 aliphatic carbocycles. The predicted octanol–water partition coefficient (Wildman–Crippen LogP) is -5.29. The second-order valence-electron chi connectivity index (χ2n) is 7.65. The molecule has 2 aliphatic heterocycles. The molecule has 19 heteroatoms. The average molecular weight is 582 g/mol. The number of hydrogen-bond acceptors (Lipinski definition) is 13. The quantitative estimate of drug-likeness (QED) is 0.109. The van der Waals surface area contributed by atoms with Crippen molar-refractivity contribution in [1.29, 1.82) is 0 Å². The Labute approximate surface area is 243 Å². The number of carboxylic acids is 1. The van der Waals surface area contributed by atoms with Gasteiger partial charge >= 0.3 is 29.6 Å². The molecule has 4 heterocycles. The molecule has 2 saturated heterocycles. The van der Waals surface area contributed by atoms with Crippen molar-refractivity contribution in [2.45, 2.75) is 23.1 Å².